The molecule has 0 radical (unpaired) electrons. The molecule has 0 aromatic heterocycles. The van der Waals surface area contributed by atoms with Crippen LogP contribution in [0.1, 0.15) is 67.2 Å². The molecule has 1 aliphatic heterocycles. The zero-order chi connectivity index (χ0) is 16.3. The van der Waals surface area contributed by atoms with Gasteiger partial charge in [-0.05, 0) is 60.8 Å². The Hall–Kier alpha value is -0.560. The Labute approximate surface area is 131 Å². The number of rotatable bonds is 6. The van der Waals surface area contributed by atoms with Crippen LogP contribution < -0.4 is 0 Å². The summed E-state index contributed by atoms with van der Waals surface area (Å²) in [6.45, 7) is 14.0. The average Bonchev–Trinajstić information content (AvgIpc) is 2.31. The van der Waals surface area contributed by atoms with Crippen LogP contribution in [-0.4, -0.2) is 45.9 Å². The van der Waals surface area contributed by atoms with Crippen LogP contribution in [0.4, 0.5) is 0 Å². The van der Waals surface area contributed by atoms with E-state index >= 15 is 0 Å². The first-order valence-electron chi connectivity index (χ1n) is 8.03. The maximum Gasteiger partial charge on any atom is 0.0900 e. The summed E-state index contributed by atoms with van der Waals surface area (Å²) in [4.78, 5) is 2.44. The van der Waals surface area contributed by atoms with Crippen molar-refractivity contribution in [1.29, 1.82) is 0 Å². The molecule has 3 heteroatoms. The zero-order valence-electron chi connectivity index (χ0n) is 14.7. The van der Waals surface area contributed by atoms with Gasteiger partial charge in [0.05, 0.1) is 18.3 Å². The second kappa shape index (κ2) is 6.69. The lowest BCUT2D eigenvalue weighted by Gasteiger charge is -2.53. The fourth-order valence-electron chi connectivity index (χ4n) is 3.42. The predicted molar refractivity (Wildman–Crippen MR) is 88.2 cm³/mol. The quantitative estimate of drug-likeness (QED) is 0.764. The molecule has 1 unspecified atom stereocenters. The van der Waals surface area contributed by atoms with Crippen LogP contribution in [0.3, 0.4) is 0 Å². The highest BCUT2D eigenvalue weighted by Gasteiger charge is 2.41. The molecule has 0 saturated carbocycles. The number of likely N-dealkylation sites (tertiary alicyclic amines) is 1. The first kappa shape index (κ1) is 18.5. The molecule has 21 heavy (non-hydrogen) atoms. The van der Waals surface area contributed by atoms with Crippen molar-refractivity contribution >= 4 is 0 Å². The number of aliphatic hydroxyl groups excluding tert-OH is 1. The van der Waals surface area contributed by atoms with Gasteiger partial charge in [0.15, 0.2) is 0 Å². The summed E-state index contributed by atoms with van der Waals surface area (Å²) in [6, 6.07) is 0. The number of terminal acetylenes is 1. The minimum Gasteiger partial charge on any atom is -0.389 e. The second-order valence-electron chi connectivity index (χ2n) is 8.19. The van der Waals surface area contributed by atoms with E-state index in [9.17, 15) is 5.11 Å². The number of piperidine rings is 1. The van der Waals surface area contributed by atoms with Gasteiger partial charge in [0.1, 0.15) is 0 Å². The average molecular weight is 295 g/mol. The van der Waals surface area contributed by atoms with E-state index in [1.165, 1.54) is 19.3 Å². The monoisotopic (exact) mass is 295 g/mol. The second-order valence-corrected chi connectivity index (χ2v) is 8.19. The van der Waals surface area contributed by atoms with Crippen molar-refractivity contribution in [2.24, 2.45) is 0 Å². The Morgan fingerprint density at radius 2 is 1.76 bits per heavy atom. The summed E-state index contributed by atoms with van der Waals surface area (Å²) in [5.41, 5.74) is -0.128. The minimum atomic E-state index is -0.487. The Balaban J connectivity index is 2.60. The molecular formula is C18H33NO2. The van der Waals surface area contributed by atoms with Gasteiger partial charge in [0.2, 0.25) is 0 Å². The summed E-state index contributed by atoms with van der Waals surface area (Å²) in [7, 11) is 0. The molecule has 122 valence electrons. The molecule has 1 aliphatic rings. The van der Waals surface area contributed by atoms with E-state index in [1.54, 1.807) is 0 Å². The fourth-order valence-corrected chi connectivity index (χ4v) is 3.42. The molecule has 0 spiro atoms. The van der Waals surface area contributed by atoms with Gasteiger partial charge >= 0.3 is 0 Å². The predicted octanol–water partition coefficient (Wildman–Crippen LogP) is 3.21. The van der Waals surface area contributed by atoms with Crippen LogP contribution in [0.15, 0.2) is 0 Å². The largest absolute Gasteiger partial charge is 0.389 e. The van der Waals surface area contributed by atoms with E-state index in [0.717, 1.165) is 0 Å². The van der Waals surface area contributed by atoms with E-state index in [2.05, 4.69) is 38.5 Å². The molecule has 3 nitrogen and oxygen atoms in total. The van der Waals surface area contributed by atoms with Crippen molar-refractivity contribution in [3.63, 3.8) is 0 Å². The normalized spacial score (nSPS) is 23.5. The van der Waals surface area contributed by atoms with Gasteiger partial charge in [-0.2, -0.15) is 0 Å². The van der Waals surface area contributed by atoms with Crippen LogP contribution in [0.5, 0.6) is 0 Å². The van der Waals surface area contributed by atoms with Crippen LogP contribution in [0.2, 0.25) is 0 Å². The Bertz CT molecular complexity index is 363. The van der Waals surface area contributed by atoms with Gasteiger partial charge in [-0.15, -0.1) is 12.3 Å². The SMILES string of the molecule is C#CCC(C)(C)OCC(O)CN1C(C)(C)CCCC1(C)C. The maximum absolute atomic E-state index is 10.4. The summed E-state index contributed by atoms with van der Waals surface area (Å²) < 4.78 is 5.79. The van der Waals surface area contributed by atoms with Crippen LogP contribution in [0, 0.1) is 12.3 Å². The van der Waals surface area contributed by atoms with E-state index in [0.29, 0.717) is 19.6 Å². The molecule has 1 N–H and O–H groups in total. The lowest BCUT2D eigenvalue weighted by Crippen LogP contribution is -2.60. The van der Waals surface area contributed by atoms with Gasteiger partial charge in [-0.1, -0.05) is 0 Å². The Morgan fingerprint density at radius 3 is 2.24 bits per heavy atom. The molecular weight excluding hydrogens is 262 g/mol. The van der Waals surface area contributed by atoms with Gasteiger partial charge in [0, 0.05) is 24.0 Å². The highest BCUT2D eigenvalue weighted by Crippen LogP contribution is 2.38. The molecule has 0 bridgehead atoms. The van der Waals surface area contributed by atoms with E-state index < -0.39 is 6.10 Å². The Morgan fingerprint density at radius 1 is 1.24 bits per heavy atom. The molecule has 1 rings (SSSR count). The van der Waals surface area contributed by atoms with Gasteiger partial charge in [-0.3, -0.25) is 4.90 Å². The van der Waals surface area contributed by atoms with Crippen molar-refractivity contribution in [3.05, 3.63) is 0 Å². The smallest absolute Gasteiger partial charge is 0.0900 e. The van der Waals surface area contributed by atoms with Gasteiger partial charge in [0.25, 0.3) is 0 Å². The van der Waals surface area contributed by atoms with Gasteiger partial charge in [-0.25, -0.2) is 0 Å². The summed E-state index contributed by atoms with van der Waals surface area (Å²) in [6.07, 6.45) is 9.00. The number of ether oxygens (including phenoxy) is 1. The van der Waals surface area contributed by atoms with Crippen molar-refractivity contribution in [3.8, 4) is 12.3 Å². The van der Waals surface area contributed by atoms with Crippen LogP contribution in [0.25, 0.3) is 0 Å². The van der Waals surface area contributed by atoms with Crippen molar-refractivity contribution in [1.82, 2.24) is 4.90 Å². The van der Waals surface area contributed by atoms with Crippen molar-refractivity contribution in [2.75, 3.05) is 13.2 Å². The highest BCUT2D eigenvalue weighted by molar-refractivity contribution is 4.98. The van der Waals surface area contributed by atoms with Crippen LogP contribution >= 0.6 is 0 Å². The molecule has 1 saturated heterocycles. The van der Waals surface area contributed by atoms with Crippen molar-refractivity contribution in [2.45, 2.75) is 90.0 Å². The standard InChI is InChI=1S/C18H33NO2/c1-8-10-18(6,7)21-14-15(20)13-19-16(2,3)11-9-12-17(19,4)5/h1,15,20H,9-14H2,2-7H3. The van der Waals surface area contributed by atoms with Crippen LogP contribution in [-0.2, 0) is 4.74 Å². The third-order valence-electron chi connectivity index (χ3n) is 4.63. The fraction of sp³-hybridized carbons (Fsp3) is 0.889. The highest BCUT2D eigenvalue weighted by atomic mass is 16.5. The minimum absolute atomic E-state index is 0.122. The number of hydrogen-bond acceptors (Lipinski definition) is 3. The summed E-state index contributed by atoms with van der Waals surface area (Å²) in [5.74, 6) is 2.62. The lowest BCUT2D eigenvalue weighted by molar-refractivity contribution is -0.0950. The molecule has 1 fully saturated rings. The third kappa shape index (κ3) is 5.29. The molecule has 0 aromatic rings. The zero-order valence-corrected chi connectivity index (χ0v) is 14.7. The van der Waals surface area contributed by atoms with E-state index in [-0.39, 0.29) is 16.7 Å². The number of aliphatic hydroxyl groups is 1. The number of hydrogen-bond donors (Lipinski definition) is 1. The molecule has 1 atom stereocenters. The molecule has 0 aliphatic carbocycles. The lowest BCUT2D eigenvalue weighted by atomic mass is 9.79. The first-order chi connectivity index (χ1) is 9.50. The maximum atomic E-state index is 10.4. The molecule has 1 heterocycles. The topological polar surface area (TPSA) is 32.7 Å². The van der Waals surface area contributed by atoms with Crippen molar-refractivity contribution < 1.29 is 9.84 Å². The number of β-amino-alcohol motifs (C(OH)–C–C–N with tert-alkyl or cyclic N) is 1. The van der Waals surface area contributed by atoms with E-state index in [4.69, 9.17) is 11.2 Å². The summed E-state index contributed by atoms with van der Waals surface area (Å²) >= 11 is 0. The first-order valence-corrected chi connectivity index (χ1v) is 8.03. The summed E-state index contributed by atoms with van der Waals surface area (Å²) in [5, 5.41) is 10.4. The van der Waals surface area contributed by atoms with E-state index in [1.807, 2.05) is 13.8 Å². The molecule has 0 amide bonds. The third-order valence-corrected chi connectivity index (χ3v) is 4.63. The molecule has 0 aromatic carbocycles. The van der Waals surface area contributed by atoms with Gasteiger partial charge < -0.3 is 9.84 Å². The Kier molecular flexibility index (Phi) is 5.89. The number of nitrogens with zero attached hydrogens (tertiary/aromatic N) is 1.